The molecule has 144 valence electrons. The highest BCUT2D eigenvalue weighted by Gasteiger charge is 2.21. The number of benzene rings is 1. The van der Waals surface area contributed by atoms with Crippen LogP contribution in [0.1, 0.15) is 35.3 Å². The van der Waals surface area contributed by atoms with Gasteiger partial charge in [-0.05, 0) is 30.2 Å². The number of rotatable bonds is 6. The van der Waals surface area contributed by atoms with E-state index in [0.717, 1.165) is 29.1 Å². The van der Waals surface area contributed by atoms with Crippen LogP contribution >= 0.6 is 0 Å². The molecule has 0 saturated heterocycles. The first-order chi connectivity index (χ1) is 13.5. The van der Waals surface area contributed by atoms with Gasteiger partial charge in [0.1, 0.15) is 12.1 Å². The van der Waals surface area contributed by atoms with Crippen LogP contribution in [0.4, 0.5) is 5.82 Å². The first kappa shape index (κ1) is 19.5. The van der Waals surface area contributed by atoms with Gasteiger partial charge >= 0.3 is 0 Å². The lowest BCUT2D eigenvalue weighted by atomic mass is 10.0. The largest absolute Gasteiger partial charge is 0.363 e. The summed E-state index contributed by atoms with van der Waals surface area (Å²) in [5, 5.41) is 0. The quantitative estimate of drug-likeness (QED) is 0.655. The number of carbonyl (C=O) groups excluding carboxylic acids is 1. The van der Waals surface area contributed by atoms with Crippen molar-refractivity contribution >= 4 is 11.7 Å². The second kappa shape index (κ2) is 8.61. The molecule has 3 rings (SSSR count). The zero-order chi connectivity index (χ0) is 20.1. The number of hydrogen-bond donors (Lipinski definition) is 0. The van der Waals surface area contributed by atoms with Crippen LogP contribution in [-0.2, 0) is 0 Å². The van der Waals surface area contributed by atoms with E-state index in [1.54, 1.807) is 17.4 Å². The smallest absolute Gasteiger partial charge is 0.254 e. The summed E-state index contributed by atoms with van der Waals surface area (Å²) in [6.45, 7) is 2.07. The number of anilines is 1. The van der Waals surface area contributed by atoms with Gasteiger partial charge in [-0.2, -0.15) is 0 Å². The van der Waals surface area contributed by atoms with E-state index in [1.165, 1.54) is 0 Å². The van der Waals surface area contributed by atoms with E-state index in [0.29, 0.717) is 5.56 Å². The van der Waals surface area contributed by atoms with E-state index in [4.69, 9.17) is 0 Å². The Bertz CT molecular complexity index is 925. The molecule has 0 spiro atoms. The fourth-order valence-corrected chi connectivity index (χ4v) is 3.18. The third-order valence-corrected chi connectivity index (χ3v) is 4.78. The Labute approximate surface area is 165 Å². The summed E-state index contributed by atoms with van der Waals surface area (Å²) in [5.74, 6) is 0.825. The summed E-state index contributed by atoms with van der Waals surface area (Å²) >= 11 is 0. The second-order valence-electron chi connectivity index (χ2n) is 6.86. The van der Waals surface area contributed by atoms with Gasteiger partial charge in [0, 0.05) is 50.7 Å². The molecule has 1 aromatic carbocycles. The summed E-state index contributed by atoms with van der Waals surface area (Å²) in [6, 6.07) is 13.4. The van der Waals surface area contributed by atoms with Crippen LogP contribution in [0.3, 0.4) is 0 Å². The van der Waals surface area contributed by atoms with E-state index in [2.05, 4.69) is 21.9 Å². The number of pyridine rings is 1. The van der Waals surface area contributed by atoms with Crippen LogP contribution in [0.2, 0.25) is 0 Å². The minimum absolute atomic E-state index is 0.00890. The first-order valence-corrected chi connectivity index (χ1v) is 9.28. The molecular formula is C22H25N5O. The Morgan fingerprint density at radius 3 is 2.43 bits per heavy atom. The van der Waals surface area contributed by atoms with Crippen molar-refractivity contribution in [3.05, 3.63) is 72.3 Å². The van der Waals surface area contributed by atoms with Crippen molar-refractivity contribution in [3.63, 3.8) is 0 Å². The molecule has 0 radical (unpaired) electrons. The van der Waals surface area contributed by atoms with E-state index < -0.39 is 0 Å². The summed E-state index contributed by atoms with van der Waals surface area (Å²) in [5.41, 5.74) is 3.46. The Balaban J connectivity index is 1.81. The second-order valence-corrected chi connectivity index (χ2v) is 6.86. The molecule has 6 nitrogen and oxygen atoms in total. The fourth-order valence-electron chi connectivity index (χ4n) is 3.18. The molecule has 6 heteroatoms. The standard InChI is InChI=1S/C22H25N5O/c1-5-20(18-7-6-12-23-14-18)27(4)22(28)17-10-8-16(9-11-17)19-13-21(26(2)3)25-15-24-19/h6-15,20H,5H2,1-4H3/t20-/m0/s1. The van der Waals surface area contributed by atoms with Crippen molar-refractivity contribution in [2.45, 2.75) is 19.4 Å². The molecule has 0 bridgehead atoms. The van der Waals surface area contributed by atoms with Crippen molar-refractivity contribution in [2.75, 3.05) is 26.0 Å². The molecule has 0 N–H and O–H groups in total. The molecule has 1 atom stereocenters. The number of nitrogens with zero attached hydrogens (tertiary/aromatic N) is 5. The monoisotopic (exact) mass is 375 g/mol. The van der Waals surface area contributed by atoms with Gasteiger partial charge in [0.25, 0.3) is 5.91 Å². The molecule has 0 fully saturated rings. The fraction of sp³-hybridized carbons (Fsp3) is 0.273. The maximum atomic E-state index is 13.0. The average Bonchev–Trinajstić information content (AvgIpc) is 2.74. The van der Waals surface area contributed by atoms with Gasteiger partial charge in [-0.3, -0.25) is 9.78 Å². The topological polar surface area (TPSA) is 62.2 Å². The van der Waals surface area contributed by atoms with Crippen molar-refractivity contribution in [3.8, 4) is 11.3 Å². The number of amides is 1. The summed E-state index contributed by atoms with van der Waals surface area (Å²) in [4.78, 5) is 29.5. The van der Waals surface area contributed by atoms with Crippen LogP contribution in [-0.4, -0.2) is 46.9 Å². The van der Waals surface area contributed by atoms with Gasteiger partial charge in [0.2, 0.25) is 0 Å². The van der Waals surface area contributed by atoms with Gasteiger partial charge in [-0.25, -0.2) is 9.97 Å². The van der Waals surface area contributed by atoms with Crippen molar-refractivity contribution in [1.82, 2.24) is 19.9 Å². The molecule has 0 aliphatic heterocycles. The van der Waals surface area contributed by atoms with Gasteiger partial charge in [-0.15, -0.1) is 0 Å². The van der Waals surface area contributed by atoms with Crippen molar-refractivity contribution in [2.24, 2.45) is 0 Å². The van der Waals surface area contributed by atoms with Gasteiger partial charge in [0.15, 0.2) is 0 Å². The van der Waals surface area contributed by atoms with Crippen molar-refractivity contribution < 1.29 is 4.79 Å². The van der Waals surface area contributed by atoms with Crippen LogP contribution in [0.5, 0.6) is 0 Å². The first-order valence-electron chi connectivity index (χ1n) is 9.28. The summed E-state index contributed by atoms with van der Waals surface area (Å²) in [6.07, 6.45) is 5.93. The number of carbonyl (C=O) groups is 1. The molecule has 0 saturated carbocycles. The lowest BCUT2D eigenvalue weighted by molar-refractivity contribution is 0.0726. The van der Waals surface area contributed by atoms with E-state index >= 15 is 0 Å². The SMILES string of the molecule is CC[C@@H](c1cccnc1)N(C)C(=O)c1ccc(-c2cc(N(C)C)ncn2)cc1. The molecular weight excluding hydrogens is 350 g/mol. The molecule has 2 heterocycles. The highest BCUT2D eigenvalue weighted by Crippen LogP contribution is 2.25. The van der Waals surface area contributed by atoms with Gasteiger partial charge in [0.05, 0.1) is 11.7 Å². The minimum Gasteiger partial charge on any atom is -0.363 e. The Morgan fingerprint density at radius 2 is 1.82 bits per heavy atom. The molecule has 28 heavy (non-hydrogen) atoms. The highest BCUT2D eigenvalue weighted by molar-refractivity contribution is 5.94. The molecule has 0 aliphatic carbocycles. The van der Waals surface area contributed by atoms with Crippen LogP contribution < -0.4 is 4.90 Å². The van der Waals surface area contributed by atoms with E-state index in [9.17, 15) is 4.79 Å². The van der Waals surface area contributed by atoms with E-state index in [1.807, 2.05) is 74.7 Å². The molecule has 1 amide bonds. The maximum absolute atomic E-state index is 13.0. The normalized spacial score (nSPS) is 11.7. The van der Waals surface area contributed by atoms with Crippen LogP contribution in [0.25, 0.3) is 11.3 Å². The third-order valence-electron chi connectivity index (χ3n) is 4.78. The predicted octanol–water partition coefficient (Wildman–Crippen LogP) is 3.83. The Morgan fingerprint density at radius 1 is 1.07 bits per heavy atom. The lowest BCUT2D eigenvalue weighted by Crippen LogP contribution is -2.31. The van der Waals surface area contributed by atoms with Gasteiger partial charge in [-0.1, -0.05) is 25.1 Å². The lowest BCUT2D eigenvalue weighted by Gasteiger charge is -2.27. The summed E-state index contributed by atoms with van der Waals surface area (Å²) in [7, 11) is 5.72. The minimum atomic E-state index is -0.0149. The Hall–Kier alpha value is -3.28. The highest BCUT2D eigenvalue weighted by atomic mass is 16.2. The zero-order valence-corrected chi connectivity index (χ0v) is 16.7. The van der Waals surface area contributed by atoms with Crippen LogP contribution in [0, 0.1) is 0 Å². The maximum Gasteiger partial charge on any atom is 0.254 e. The van der Waals surface area contributed by atoms with E-state index in [-0.39, 0.29) is 11.9 Å². The number of aromatic nitrogens is 3. The third kappa shape index (κ3) is 4.17. The molecule has 0 unspecified atom stereocenters. The average molecular weight is 375 g/mol. The Kier molecular flexibility index (Phi) is 5.99. The van der Waals surface area contributed by atoms with Crippen molar-refractivity contribution in [1.29, 1.82) is 0 Å². The van der Waals surface area contributed by atoms with Gasteiger partial charge < -0.3 is 9.80 Å². The number of hydrogen-bond acceptors (Lipinski definition) is 5. The molecule has 0 aliphatic rings. The molecule has 3 aromatic rings. The predicted molar refractivity (Wildman–Crippen MR) is 111 cm³/mol. The zero-order valence-electron chi connectivity index (χ0n) is 16.7. The summed E-state index contributed by atoms with van der Waals surface area (Å²) < 4.78 is 0. The molecule has 2 aromatic heterocycles. The van der Waals surface area contributed by atoms with Crippen LogP contribution in [0.15, 0.2) is 61.2 Å².